The van der Waals surface area contributed by atoms with Crippen molar-refractivity contribution in [3.63, 3.8) is 0 Å². The molecule has 3 nitrogen and oxygen atoms in total. The zero-order chi connectivity index (χ0) is 14.7. The van der Waals surface area contributed by atoms with Crippen LogP contribution in [0, 0.1) is 0 Å². The van der Waals surface area contributed by atoms with E-state index in [-0.39, 0.29) is 5.91 Å². The fraction of sp³-hybridized carbons (Fsp3) is 0.611. The number of hydrogen-bond donors (Lipinski definition) is 0. The Morgan fingerprint density at radius 2 is 2.10 bits per heavy atom. The highest BCUT2D eigenvalue weighted by Crippen LogP contribution is 2.27. The van der Waals surface area contributed by atoms with Gasteiger partial charge < -0.3 is 9.64 Å². The second-order valence-corrected chi connectivity index (χ2v) is 6.19. The first-order valence-corrected chi connectivity index (χ1v) is 8.32. The molecule has 3 rings (SSSR count). The molecule has 1 aliphatic carbocycles. The van der Waals surface area contributed by atoms with Crippen molar-refractivity contribution in [2.45, 2.75) is 57.9 Å². The second kappa shape index (κ2) is 6.50. The smallest absolute Gasteiger partial charge is 0.227 e. The Morgan fingerprint density at radius 3 is 2.86 bits per heavy atom. The van der Waals surface area contributed by atoms with Crippen LogP contribution in [-0.4, -0.2) is 30.0 Å². The number of benzene rings is 1. The number of rotatable bonds is 4. The van der Waals surface area contributed by atoms with Gasteiger partial charge in [-0.25, -0.2) is 0 Å². The molecule has 2 aliphatic rings. The molecule has 1 aromatic carbocycles. The van der Waals surface area contributed by atoms with Crippen LogP contribution in [0.5, 0.6) is 5.75 Å². The number of carbonyl (C=O) groups excluding carboxylic acids is 1. The molecule has 1 fully saturated rings. The lowest BCUT2D eigenvalue weighted by Gasteiger charge is -2.33. The highest BCUT2D eigenvalue weighted by atomic mass is 16.5. The van der Waals surface area contributed by atoms with E-state index in [1.807, 2.05) is 12.1 Å². The van der Waals surface area contributed by atoms with E-state index in [1.54, 1.807) is 0 Å². The number of ether oxygens (including phenoxy) is 1. The molecule has 0 saturated heterocycles. The lowest BCUT2D eigenvalue weighted by molar-refractivity contribution is -0.133. The third-order valence-corrected chi connectivity index (χ3v) is 4.79. The molecule has 3 heteroatoms. The molecule has 1 amide bonds. The maximum atomic E-state index is 12.6. The van der Waals surface area contributed by atoms with Crippen LogP contribution in [0.3, 0.4) is 0 Å². The average Bonchev–Trinajstić information content (AvgIpc) is 2.96. The summed E-state index contributed by atoms with van der Waals surface area (Å²) < 4.78 is 5.53. The lowest BCUT2D eigenvalue weighted by atomic mass is 9.93. The van der Waals surface area contributed by atoms with Crippen molar-refractivity contribution < 1.29 is 9.53 Å². The summed E-state index contributed by atoms with van der Waals surface area (Å²) in [5, 5.41) is 0. The summed E-state index contributed by atoms with van der Waals surface area (Å²) in [6, 6.07) is 6.67. The molecule has 0 aromatic heterocycles. The van der Waals surface area contributed by atoms with Crippen molar-refractivity contribution in [2.75, 3.05) is 13.2 Å². The molecule has 0 atom stereocenters. The summed E-state index contributed by atoms with van der Waals surface area (Å²) in [6.45, 7) is 3.70. The summed E-state index contributed by atoms with van der Waals surface area (Å²) in [6.07, 6.45) is 7.71. The van der Waals surface area contributed by atoms with Crippen LogP contribution in [0.1, 0.15) is 50.2 Å². The minimum atomic E-state index is 0.281. The minimum absolute atomic E-state index is 0.281. The predicted octanol–water partition coefficient (Wildman–Crippen LogP) is 3.35. The topological polar surface area (TPSA) is 29.5 Å². The van der Waals surface area contributed by atoms with E-state index in [0.717, 1.165) is 30.9 Å². The molecule has 114 valence electrons. The fourth-order valence-electron chi connectivity index (χ4n) is 3.66. The van der Waals surface area contributed by atoms with Crippen LogP contribution in [0.4, 0.5) is 0 Å². The first-order valence-electron chi connectivity index (χ1n) is 8.32. The summed E-state index contributed by atoms with van der Waals surface area (Å²) in [5.41, 5.74) is 2.37. The van der Waals surface area contributed by atoms with Gasteiger partial charge in [-0.3, -0.25) is 4.79 Å². The number of fused-ring (bicyclic) bond motifs is 1. The molecule has 0 spiro atoms. The molecule has 1 saturated carbocycles. The molecular weight excluding hydrogens is 262 g/mol. The highest BCUT2D eigenvalue weighted by Gasteiger charge is 2.24. The number of amides is 1. The molecule has 0 bridgehead atoms. The Morgan fingerprint density at radius 1 is 1.29 bits per heavy atom. The summed E-state index contributed by atoms with van der Waals surface area (Å²) >= 11 is 0. The van der Waals surface area contributed by atoms with E-state index in [0.29, 0.717) is 12.5 Å². The van der Waals surface area contributed by atoms with Crippen LogP contribution in [0.25, 0.3) is 0 Å². The van der Waals surface area contributed by atoms with E-state index in [9.17, 15) is 4.79 Å². The summed E-state index contributed by atoms with van der Waals surface area (Å²) in [7, 11) is 0. The number of carbonyl (C=O) groups is 1. The molecule has 0 radical (unpaired) electrons. The van der Waals surface area contributed by atoms with Crippen LogP contribution in [0.15, 0.2) is 18.2 Å². The number of likely N-dealkylation sites (N-methyl/N-ethyl adjacent to an activating group) is 1. The minimum Gasteiger partial charge on any atom is -0.493 e. The van der Waals surface area contributed by atoms with E-state index in [2.05, 4.69) is 17.9 Å². The molecule has 1 aromatic rings. The van der Waals surface area contributed by atoms with Gasteiger partial charge in [-0.1, -0.05) is 31.4 Å². The van der Waals surface area contributed by atoms with Gasteiger partial charge in [-0.15, -0.1) is 0 Å². The predicted molar refractivity (Wildman–Crippen MR) is 83.6 cm³/mol. The third kappa shape index (κ3) is 3.22. The van der Waals surface area contributed by atoms with Gasteiger partial charge in [-0.05, 0) is 37.0 Å². The van der Waals surface area contributed by atoms with Gasteiger partial charge in [0.2, 0.25) is 5.91 Å². The van der Waals surface area contributed by atoms with Crippen LogP contribution < -0.4 is 4.74 Å². The number of hydrogen-bond acceptors (Lipinski definition) is 2. The lowest BCUT2D eigenvalue weighted by Crippen LogP contribution is -2.42. The van der Waals surface area contributed by atoms with Gasteiger partial charge in [0.15, 0.2) is 0 Å². The monoisotopic (exact) mass is 287 g/mol. The van der Waals surface area contributed by atoms with Gasteiger partial charge in [0.25, 0.3) is 0 Å². The summed E-state index contributed by atoms with van der Waals surface area (Å²) in [4.78, 5) is 14.7. The largest absolute Gasteiger partial charge is 0.493 e. The zero-order valence-electron chi connectivity index (χ0n) is 12.9. The maximum absolute atomic E-state index is 12.6. The molecule has 0 N–H and O–H groups in total. The van der Waals surface area contributed by atoms with Gasteiger partial charge in [0.05, 0.1) is 13.0 Å². The van der Waals surface area contributed by atoms with E-state index < -0.39 is 0 Å². The Labute approximate surface area is 127 Å². The normalized spacial score (nSPS) is 18.1. The molecule has 1 heterocycles. The first kappa shape index (κ1) is 14.4. The van der Waals surface area contributed by atoms with E-state index in [4.69, 9.17) is 4.74 Å². The molecule has 0 unspecified atom stereocenters. The van der Waals surface area contributed by atoms with Crippen LogP contribution in [0.2, 0.25) is 0 Å². The highest BCUT2D eigenvalue weighted by molar-refractivity contribution is 5.79. The fourth-order valence-corrected chi connectivity index (χ4v) is 3.66. The Kier molecular flexibility index (Phi) is 4.47. The quantitative estimate of drug-likeness (QED) is 0.850. The van der Waals surface area contributed by atoms with Crippen molar-refractivity contribution in [1.82, 2.24) is 4.90 Å². The molecular formula is C18H25NO2. The van der Waals surface area contributed by atoms with Gasteiger partial charge >= 0.3 is 0 Å². The maximum Gasteiger partial charge on any atom is 0.227 e. The van der Waals surface area contributed by atoms with Crippen molar-refractivity contribution in [1.29, 1.82) is 0 Å². The van der Waals surface area contributed by atoms with Crippen LogP contribution >= 0.6 is 0 Å². The van der Waals surface area contributed by atoms with E-state index in [1.165, 1.54) is 37.7 Å². The second-order valence-electron chi connectivity index (χ2n) is 6.19. The first-order chi connectivity index (χ1) is 10.3. The average molecular weight is 287 g/mol. The van der Waals surface area contributed by atoms with E-state index >= 15 is 0 Å². The van der Waals surface area contributed by atoms with Crippen molar-refractivity contribution in [3.8, 4) is 5.75 Å². The Bertz CT molecular complexity index is 506. The third-order valence-electron chi connectivity index (χ3n) is 4.79. The Hall–Kier alpha value is -1.51. The van der Waals surface area contributed by atoms with Crippen molar-refractivity contribution >= 4 is 5.91 Å². The van der Waals surface area contributed by atoms with Gasteiger partial charge in [0, 0.05) is 19.0 Å². The summed E-state index contributed by atoms with van der Waals surface area (Å²) in [5.74, 6) is 1.27. The van der Waals surface area contributed by atoms with Gasteiger partial charge in [0.1, 0.15) is 5.75 Å². The SMILES string of the molecule is CCN(C(=O)Cc1ccc2c(c1)CCO2)C1CCCCC1. The Balaban J connectivity index is 1.66. The number of nitrogens with zero attached hydrogens (tertiary/aromatic N) is 1. The van der Waals surface area contributed by atoms with Crippen molar-refractivity contribution in [2.24, 2.45) is 0 Å². The van der Waals surface area contributed by atoms with Crippen molar-refractivity contribution in [3.05, 3.63) is 29.3 Å². The molecule has 1 aliphatic heterocycles. The zero-order valence-corrected chi connectivity index (χ0v) is 12.9. The van der Waals surface area contributed by atoms with Crippen LogP contribution in [-0.2, 0) is 17.6 Å². The van der Waals surface area contributed by atoms with Gasteiger partial charge in [-0.2, -0.15) is 0 Å². The molecule has 21 heavy (non-hydrogen) atoms. The standard InChI is InChI=1S/C18H25NO2/c1-2-19(16-6-4-3-5-7-16)18(20)13-14-8-9-17-15(12-14)10-11-21-17/h8-9,12,16H,2-7,10-11,13H2,1H3.